The van der Waals surface area contributed by atoms with Gasteiger partial charge in [0.2, 0.25) is 0 Å². The number of aromatic amines is 1. The van der Waals surface area contributed by atoms with Crippen molar-refractivity contribution < 1.29 is 9.90 Å². The molecule has 1 aromatic heterocycles. The number of carbonyl (C=O) groups excluding carboxylic acids is 1. The van der Waals surface area contributed by atoms with Crippen molar-refractivity contribution in [2.75, 3.05) is 0 Å². The minimum Gasteiger partial charge on any atom is -0.508 e. The van der Waals surface area contributed by atoms with E-state index in [0.29, 0.717) is 5.56 Å². The summed E-state index contributed by atoms with van der Waals surface area (Å²) < 4.78 is 0. The molecule has 4 rings (SSSR count). The molecule has 0 saturated heterocycles. The highest BCUT2D eigenvalue weighted by Gasteiger charge is 2.38. The molecule has 0 aliphatic carbocycles. The van der Waals surface area contributed by atoms with Gasteiger partial charge in [0.05, 0.1) is 11.6 Å². The number of aromatic hydroxyl groups is 1. The molecule has 4 heteroatoms. The zero-order valence-electron chi connectivity index (χ0n) is 14.4. The molecule has 4 nitrogen and oxygen atoms in total. The first-order valence-electron chi connectivity index (χ1n) is 8.52. The maximum absolute atomic E-state index is 12.7. The number of H-pyrrole nitrogens is 1. The molecule has 0 unspecified atom stereocenters. The van der Waals surface area contributed by atoms with Gasteiger partial charge in [-0.3, -0.25) is 0 Å². The van der Waals surface area contributed by atoms with Crippen LogP contribution < -0.4 is 0 Å². The molecular formula is C23H16N2O2. The Kier molecular flexibility index (Phi) is 3.98. The molecule has 0 radical (unpaired) electrons. The number of hydrogen-bond donors (Lipinski definition) is 2. The molecule has 4 aromatic rings. The van der Waals surface area contributed by atoms with Crippen LogP contribution in [-0.4, -0.2) is 16.4 Å². The van der Waals surface area contributed by atoms with Crippen molar-refractivity contribution in [3.63, 3.8) is 0 Å². The Labute approximate surface area is 156 Å². The van der Waals surface area contributed by atoms with E-state index in [0.717, 1.165) is 33.9 Å². The Morgan fingerprint density at radius 2 is 1.67 bits per heavy atom. The fourth-order valence-electron chi connectivity index (χ4n) is 3.62. The minimum atomic E-state index is -1.07. The van der Waals surface area contributed by atoms with Crippen LogP contribution in [-0.2, 0) is 10.2 Å². The second-order valence-corrected chi connectivity index (χ2v) is 6.41. The second kappa shape index (κ2) is 6.47. The lowest BCUT2D eigenvalue weighted by molar-refractivity contribution is -0.110. The van der Waals surface area contributed by atoms with Crippen molar-refractivity contribution in [1.82, 2.24) is 4.98 Å². The van der Waals surface area contributed by atoms with Gasteiger partial charge in [-0.1, -0.05) is 42.5 Å². The molecule has 0 aliphatic heterocycles. The van der Waals surface area contributed by atoms with E-state index >= 15 is 0 Å². The van der Waals surface area contributed by atoms with Gasteiger partial charge in [-0.05, 0) is 47.0 Å². The number of benzene rings is 3. The van der Waals surface area contributed by atoms with Gasteiger partial charge in [-0.15, -0.1) is 0 Å². The Morgan fingerprint density at radius 1 is 0.963 bits per heavy atom. The third kappa shape index (κ3) is 2.57. The van der Waals surface area contributed by atoms with Gasteiger partial charge < -0.3 is 14.9 Å². The van der Waals surface area contributed by atoms with E-state index in [9.17, 15) is 15.2 Å². The summed E-state index contributed by atoms with van der Waals surface area (Å²) >= 11 is 0. The van der Waals surface area contributed by atoms with Crippen molar-refractivity contribution in [3.8, 4) is 11.8 Å². The number of phenolic OH excluding ortho intramolecular Hbond substituents is 1. The van der Waals surface area contributed by atoms with Crippen LogP contribution in [0.2, 0.25) is 0 Å². The molecule has 2 N–H and O–H groups in total. The van der Waals surface area contributed by atoms with Crippen molar-refractivity contribution in [2.24, 2.45) is 0 Å². The van der Waals surface area contributed by atoms with Crippen molar-refractivity contribution >= 4 is 17.2 Å². The van der Waals surface area contributed by atoms with Crippen LogP contribution >= 0.6 is 0 Å². The third-order valence-electron chi connectivity index (χ3n) is 4.96. The number of nitrogens with one attached hydrogen (secondary N) is 1. The van der Waals surface area contributed by atoms with Crippen molar-refractivity contribution in [1.29, 1.82) is 5.26 Å². The van der Waals surface area contributed by atoms with E-state index in [2.05, 4.69) is 11.1 Å². The summed E-state index contributed by atoms with van der Waals surface area (Å²) in [5, 5.41) is 19.8. The number of carbonyl (C=O) groups is 1. The first-order chi connectivity index (χ1) is 13.2. The maximum atomic E-state index is 12.7. The van der Waals surface area contributed by atoms with E-state index in [1.54, 1.807) is 36.4 Å². The molecule has 0 amide bonds. The molecule has 0 aliphatic rings. The third-order valence-corrected chi connectivity index (χ3v) is 4.96. The normalized spacial score (nSPS) is 13.0. The average molecular weight is 352 g/mol. The van der Waals surface area contributed by atoms with Gasteiger partial charge in [0, 0.05) is 17.1 Å². The van der Waals surface area contributed by atoms with Crippen molar-refractivity contribution in [2.45, 2.75) is 5.41 Å². The smallest absolute Gasteiger partial charge is 0.139 e. The van der Waals surface area contributed by atoms with E-state index in [4.69, 9.17) is 0 Å². The summed E-state index contributed by atoms with van der Waals surface area (Å²) in [5.41, 5.74) is 2.63. The molecule has 27 heavy (non-hydrogen) atoms. The van der Waals surface area contributed by atoms with Crippen molar-refractivity contribution in [3.05, 3.63) is 101 Å². The van der Waals surface area contributed by atoms with E-state index in [-0.39, 0.29) is 5.75 Å². The number of nitrogens with zero attached hydrogens (tertiary/aromatic N) is 1. The number of nitriles is 1. The molecule has 1 heterocycles. The lowest BCUT2D eigenvalue weighted by Gasteiger charge is -2.29. The number of phenols is 1. The molecule has 0 spiro atoms. The summed E-state index contributed by atoms with van der Waals surface area (Å²) in [5.74, 6) is 0.136. The summed E-state index contributed by atoms with van der Waals surface area (Å²) in [6.45, 7) is 0. The lowest BCUT2D eigenvalue weighted by atomic mass is 9.70. The molecule has 0 fully saturated rings. The average Bonchev–Trinajstić information content (AvgIpc) is 3.14. The Balaban J connectivity index is 2.09. The summed E-state index contributed by atoms with van der Waals surface area (Å²) in [6, 6.07) is 23.7. The SMILES string of the molecule is N#Cc1ccc2[nH]cc([C@](C=O)(c3ccccc3)c3ccc(O)cc3)c2c1. The molecule has 3 aromatic carbocycles. The van der Waals surface area contributed by atoms with Crippen LogP contribution in [0.15, 0.2) is 79.0 Å². The molecule has 1 atom stereocenters. The first-order valence-corrected chi connectivity index (χ1v) is 8.52. The Morgan fingerprint density at radius 3 is 2.33 bits per heavy atom. The number of hydrogen-bond acceptors (Lipinski definition) is 3. The van der Waals surface area contributed by atoms with Gasteiger partial charge in [0.15, 0.2) is 0 Å². The first kappa shape index (κ1) is 16.6. The fraction of sp³-hybridized carbons (Fsp3) is 0.0435. The highest BCUT2D eigenvalue weighted by molar-refractivity contribution is 5.93. The predicted molar refractivity (Wildman–Crippen MR) is 104 cm³/mol. The van der Waals surface area contributed by atoms with Gasteiger partial charge in [-0.25, -0.2) is 0 Å². The van der Waals surface area contributed by atoms with Crippen LogP contribution in [0.5, 0.6) is 5.75 Å². The van der Waals surface area contributed by atoms with Crippen LogP contribution in [0.1, 0.15) is 22.3 Å². The second-order valence-electron chi connectivity index (χ2n) is 6.41. The zero-order valence-corrected chi connectivity index (χ0v) is 14.4. The Bertz CT molecular complexity index is 1150. The van der Waals surface area contributed by atoms with Gasteiger partial charge >= 0.3 is 0 Å². The van der Waals surface area contributed by atoms with Crippen LogP contribution in [0.4, 0.5) is 0 Å². The van der Waals surface area contributed by atoms with Gasteiger partial charge in [0.1, 0.15) is 17.5 Å². The topological polar surface area (TPSA) is 76.9 Å². The van der Waals surface area contributed by atoms with E-state index < -0.39 is 5.41 Å². The number of rotatable bonds is 4. The molecular weight excluding hydrogens is 336 g/mol. The van der Waals surface area contributed by atoms with E-state index in [1.807, 2.05) is 42.6 Å². The lowest BCUT2D eigenvalue weighted by Crippen LogP contribution is -2.31. The van der Waals surface area contributed by atoms with Gasteiger partial charge in [-0.2, -0.15) is 5.26 Å². The summed E-state index contributed by atoms with van der Waals surface area (Å²) in [6.07, 6.45) is 2.75. The minimum absolute atomic E-state index is 0.136. The number of fused-ring (bicyclic) bond motifs is 1. The molecule has 130 valence electrons. The summed E-state index contributed by atoms with van der Waals surface area (Å²) in [4.78, 5) is 15.9. The maximum Gasteiger partial charge on any atom is 0.139 e. The highest BCUT2D eigenvalue weighted by Crippen LogP contribution is 2.41. The standard InChI is InChI=1S/C23H16N2O2/c24-13-16-6-11-22-20(12-16)21(14-25-22)23(15-26,17-4-2-1-3-5-17)18-7-9-19(27)10-8-18/h1-12,14-15,25,27H/t23-/m1/s1. The zero-order chi connectivity index (χ0) is 18.9. The largest absolute Gasteiger partial charge is 0.508 e. The molecule has 0 saturated carbocycles. The monoisotopic (exact) mass is 352 g/mol. The fourth-order valence-corrected chi connectivity index (χ4v) is 3.62. The van der Waals surface area contributed by atoms with Gasteiger partial charge in [0.25, 0.3) is 0 Å². The summed E-state index contributed by atoms with van der Waals surface area (Å²) in [7, 11) is 0. The predicted octanol–water partition coefficient (Wildman–Crippen LogP) is 4.28. The van der Waals surface area contributed by atoms with Crippen LogP contribution in [0.3, 0.4) is 0 Å². The highest BCUT2D eigenvalue weighted by atomic mass is 16.3. The van der Waals surface area contributed by atoms with Crippen LogP contribution in [0.25, 0.3) is 10.9 Å². The van der Waals surface area contributed by atoms with E-state index in [1.165, 1.54) is 0 Å². The molecule has 0 bridgehead atoms. The number of aromatic nitrogens is 1. The quantitative estimate of drug-likeness (QED) is 0.538. The Hall–Kier alpha value is -3.84. The number of aldehydes is 1. The van der Waals surface area contributed by atoms with Crippen LogP contribution in [0, 0.1) is 11.3 Å².